The highest BCUT2D eigenvalue weighted by molar-refractivity contribution is 7.12. The zero-order chi connectivity index (χ0) is 18.4. The fourth-order valence-electron chi connectivity index (χ4n) is 3.19. The van der Waals surface area contributed by atoms with Gasteiger partial charge in [-0.25, -0.2) is 0 Å². The molecule has 3 heterocycles. The van der Waals surface area contributed by atoms with Crippen LogP contribution < -0.4 is 4.74 Å². The number of likely N-dealkylation sites (tertiary alicyclic amines) is 1. The summed E-state index contributed by atoms with van der Waals surface area (Å²) in [7, 11) is 0. The Morgan fingerprint density at radius 2 is 2.07 bits per heavy atom. The fourth-order valence-corrected chi connectivity index (χ4v) is 4.08. The number of hydrogen-bond acceptors (Lipinski definition) is 6. The third-order valence-corrected chi connectivity index (χ3v) is 5.99. The molecule has 6 nitrogen and oxygen atoms in total. The van der Waals surface area contributed by atoms with E-state index >= 15 is 0 Å². The summed E-state index contributed by atoms with van der Waals surface area (Å²) >= 11 is 1.49. The number of ether oxygens (including phenoxy) is 1. The average molecular weight is 381 g/mol. The van der Waals surface area contributed by atoms with Crippen LogP contribution in [0.4, 0.5) is 0 Å². The van der Waals surface area contributed by atoms with Gasteiger partial charge < -0.3 is 14.2 Å². The maximum atomic E-state index is 12.5. The van der Waals surface area contributed by atoms with Crippen LogP contribution in [0.3, 0.4) is 0 Å². The van der Waals surface area contributed by atoms with Crippen LogP contribution in [0.15, 0.2) is 40.2 Å². The van der Waals surface area contributed by atoms with E-state index in [1.807, 2.05) is 47.5 Å². The Labute approximate surface area is 160 Å². The van der Waals surface area contributed by atoms with E-state index < -0.39 is 0 Å². The van der Waals surface area contributed by atoms with Gasteiger partial charge in [-0.3, -0.25) is 4.79 Å². The number of aromatic nitrogens is 2. The zero-order valence-corrected chi connectivity index (χ0v) is 15.7. The second-order valence-corrected chi connectivity index (χ2v) is 8.03. The van der Waals surface area contributed by atoms with Crippen molar-refractivity contribution in [2.75, 3.05) is 13.1 Å². The number of carbonyl (C=O) groups is 1. The molecule has 1 saturated carbocycles. The first-order valence-corrected chi connectivity index (χ1v) is 10.00. The predicted octanol–water partition coefficient (Wildman–Crippen LogP) is 3.89. The Morgan fingerprint density at radius 3 is 2.81 bits per heavy atom. The van der Waals surface area contributed by atoms with Crippen LogP contribution in [0, 0.1) is 6.92 Å². The number of nitrogens with zero attached hydrogens (tertiary/aromatic N) is 3. The number of para-hydroxylation sites is 1. The zero-order valence-electron chi connectivity index (χ0n) is 14.9. The Kier molecular flexibility index (Phi) is 3.97. The molecule has 3 aromatic rings. The van der Waals surface area contributed by atoms with E-state index in [0.29, 0.717) is 30.6 Å². The molecule has 5 rings (SSSR count). The molecule has 0 radical (unpaired) electrons. The lowest BCUT2D eigenvalue weighted by atomic mass is 10.1. The van der Waals surface area contributed by atoms with Crippen molar-refractivity contribution in [1.82, 2.24) is 15.0 Å². The van der Waals surface area contributed by atoms with Crippen LogP contribution in [0.1, 0.15) is 39.8 Å². The Hall–Kier alpha value is -2.67. The number of amides is 1. The van der Waals surface area contributed by atoms with Gasteiger partial charge in [0.05, 0.1) is 23.5 Å². The van der Waals surface area contributed by atoms with Gasteiger partial charge >= 0.3 is 0 Å². The highest BCUT2D eigenvalue weighted by atomic mass is 32.1. The summed E-state index contributed by atoms with van der Waals surface area (Å²) in [6.45, 7) is 3.14. The van der Waals surface area contributed by atoms with Gasteiger partial charge in [-0.1, -0.05) is 17.3 Å². The van der Waals surface area contributed by atoms with Gasteiger partial charge in [-0.15, -0.1) is 11.3 Å². The number of hydrogen-bond donors (Lipinski definition) is 0. The lowest BCUT2D eigenvalue weighted by Gasteiger charge is -2.39. The first-order chi connectivity index (χ1) is 13.2. The van der Waals surface area contributed by atoms with Crippen molar-refractivity contribution in [3.8, 4) is 17.2 Å². The van der Waals surface area contributed by atoms with Gasteiger partial charge in [0.2, 0.25) is 0 Å². The minimum atomic E-state index is -0.0267. The van der Waals surface area contributed by atoms with Crippen molar-refractivity contribution < 1.29 is 14.1 Å². The van der Waals surface area contributed by atoms with Crippen LogP contribution in [0.5, 0.6) is 5.75 Å². The van der Waals surface area contributed by atoms with Crippen molar-refractivity contribution in [3.05, 3.63) is 52.0 Å². The lowest BCUT2D eigenvalue weighted by molar-refractivity contribution is 0.0183. The van der Waals surface area contributed by atoms with Crippen LogP contribution in [0.25, 0.3) is 11.5 Å². The van der Waals surface area contributed by atoms with Gasteiger partial charge in [-0.05, 0) is 48.9 Å². The number of rotatable bonds is 5. The first-order valence-electron chi connectivity index (χ1n) is 9.12. The van der Waals surface area contributed by atoms with E-state index in [1.165, 1.54) is 11.3 Å². The van der Waals surface area contributed by atoms with Gasteiger partial charge in [0.25, 0.3) is 11.8 Å². The lowest BCUT2D eigenvalue weighted by Crippen LogP contribution is -2.56. The summed E-state index contributed by atoms with van der Waals surface area (Å²) in [6.07, 6.45) is 2.24. The molecule has 1 amide bonds. The molecule has 2 fully saturated rings. The third kappa shape index (κ3) is 3.12. The highest BCUT2D eigenvalue weighted by Crippen LogP contribution is 2.40. The largest absolute Gasteiger partial charge is 0.486 e. The van der Waals surface area contributed by atoms with Crippen molar-refractivity contribution >= 4 is 17.2 Å². The van der Waals surface area contributed by atoms with Crippen LogP contribution in [-0.2, 0) is 0 Å². The van der Waals surface area contributed by atoms with Gasteiger partial charge in [0, 0.05) is 5.92 Å². The smallest absolute Gasteiger partial charge is 0.264 e. The normalized spacial score (nSPS) is 17.0. The summed E-state index contributed by atoms with van der Waals surface area (Å²) in [5.41, 5.74) is 1.83. The number of carbonyl (C=O) groups excluding carboxylic acids is 1. The molecule has 0 unspecified atom stereocenters. The van der Waals surface area contributed by atoms with Crippen molar-refractivity contribution in [2.45, 2.75) is 31.8 Å². The number of thiophene rings is 1. The maximum absolute atomic E-state index is 12.5. The molecule has 0 bridgehead atoms. The molecule has 7 heteroatoms. The molecule has 0 atom stereocenters. The van der Waals surface area contributed by atoms with E-state index in [1.54, 1.807) is 0 Å². The molecule has 1 aliphatic heterocycles. The summed E-state index contributed by atoms with van der Waals surface area (Å²) in [5, 5.41) is 6.04. The van der Waals surface area contributed by atoms with E-state index in [4.69, 9.17) is 9.26 Å². The first kappa shape index (κ1) is 16.5. The van der Waals surface area contributed by atoms with Gasteiger partial charge in [0.1, 0.15) is 11.9 Å². The van der Waals surface area contributed by atoms with Crippen molar-refractivity contribution in [1.29, 1.82) is 0 Å². The third-order valence-electron chi connectivity index (χ3n) is 4.99. The van der Waals surface area contributed by atoms with Gasteiger partial charge in [-0.2, -0.15) is 4.98 Å². The Bertz CT molecular complexity index is 986. The molecule has 1 aliphatic carbocycles. The summed E-state index contributed by atoms with van der Waals surface area (Å²) in [6, 6.07) is 9.66. The highest BCUT2D eigenvalue weighted by Gasteiger charge is 2.35. The van der Waals surface area contributed by atoms with E-state index in [9.17, 15) is 4.79 Å². The van der Waals surface area contributed by atoms with E-state index in [-0.39, 0.29) is 12.0 Å². The average Bonchev–Trinajstić information content (AvgIpc) is 3.21. The summed E-state index contributed by atoms with van der Waals surface area (Å²) < 4.78 is 11.6. The minimum Gasteiger partial charge on any atom is -0.486 e. The Morgan fingerprint density at radius 1 is 1.26 bits per heavy atom. The monoisotopic (exact) mass is 381 g/mol. The van der Waals surface area contributed by atoms with E-state index in [2.05, 4.69) is 10.1 Å². The molecule has 2 aromatic heterocycles. The fraction of sp³-hybridized carbons (Fsp3) is 0.350. The molecule has 27 heavy (non-hydrogen) atoms. The molecule has 0 spiro atoms. The number of benzene rings is 1. The number of aryl methyl sites for hydroxylation is 1. The topological polar surface area (TPSA) is 68.5 Å². The van der Waals surface area contributed by atoms with Gasteiger partial charge in [0.15, 0.2) is 5.82 Å². The molecular weight excluding hydrogens is 362 g/mol. The standard InChI is InChI=1S/C20H19N3O3S/c1-12-8-9-27-17(12)20(24)23-10-14(11-23)25-16-5-3-2-4-15(16)19-21-18(22-26-19)13-6-7-13/h2-5,8-9,13-14H,6-7,10-11H2,1H3. The minimum absolute atomic E-state index is 0.0267. The maximum Gasteiger partial charge on any atom is 0.264 e. The predicted molar refractivity (Wildman–Crippen MR) is 101 cm³/mol. The molecule has 1 aromatic carbocycles. The van der Waals surface area contributed by atoms with Crippen LogP contribution >= 0.6 is 11.3 Å². The van der Waals surface area contributed by atoms with Crippen molar-refractivity contribution in [2.24, 2.45) is 0 Å². The van der Waals surface area contributed by atoms with Crippen LogP contribution in [0.2, 0.25) is 0 Å². The second-order valence-electron chi connectivity index (χ2n) is 7.11. The summed E-state index contributed by atoms with van der Waals surface area (Å²) in [4.78, 5) is 19.7. The molecule has 2 aliphatic rings. The Balaban J connectivity index is 1.27. The summed E-state index contributed by atoms with van der Waals surface area (Å²) in [5.74, 6) is 2.53. The second kappa shape index (κ2) is 6.49. The molecule has 138 valence electrons. The van der Waals surface area contributed by atoms with Crippen LogP contribution in [-0.4, -0.2) is 40.1 Å². The molecule has 1 saturated heterocycles. The SMILES string of the molecule is Cc1ccsc1C(=O)N1CC(Oc2ccccc2-c2nc(C3CC3)no2)C1. The van der Waals surface area contributed by atoms with E-state index in [0.717, 1.165) is 34.7 Å². The quantitative estimate of drug-likeness (QED) is 0.671. The molecule has 0 N–H and O–H groups in total. The van der Waals surface area contributed by atoms with Crippen molar-refractivity contribution in [3.63, 3.8) is 0 Å². The molecular formula is C20H19N3O3S.